The van der Waals surface area contributed by atoms with Gasteiger partial charge in [-0.15, -0.1) is 0 Å². The zero-order valence-corrected chi connectivity index (χ0v) is 13.5. The van der Waals surface area contributed by atoms with Gasteiger partial charge in [0.15, 0.2) is 5.43 Å². The summed E-state index contributed by atoms with van der Waals surface area (Å²) in [4.78, 5) is 14.1. The Morgan fingerprint density at radius 2 is 2.00 bits per heavy atom. The molecule has 0 radical (unpaired) electrons. The number of aliphatic hydroxyl groups excluding tert-OH is 1. The molecule has 0 bridgehead atoms. The van der Waals surface area contributed by atoms with Crippen molar-refractivity contribution in [3.05, 3.63) is 52.1 Å². The van der Waals surface area contributed by atoms with Gasteiger partial charge in [-0.1, -0.05) is 11.6 Å². The topological polar surface area (TPSA) is 45.5 Å². The molecule has 4 nitrogen and oxygen atoms in total. The Bertz CT molecular complexity index is 858. The maximum atomic E-state index is 14.6. The highest BCUT2D eigenvalue weighted by Crippen LogP contribution is 2.38. The minimum atomic E-state index is -0.331. The zero-order valence-electron chi connectivity index (χ0n) is 13.5. The van der Waals surface area contributed by atoms with E-state index in [-0.39, 0.29) is 17.9 Å². The fraction of sp³-hybridized carbons (Fsp3) is 0.421. The average molecular weight is 328 g/mol. The molecule has 2 aliphatic rings. The molecule has 126 valence electrons. The number of hydrogen-bond acceptors (Lipinski definition) is 3. The standard InChI is InChI=1S/C19H21FN2O2/c20-16-11-15-17(22(14-1-2-14)9-5-19(15)24)12-18(16)21-7-3-13(4-8-21)6-10-23/h5-6,9,11-12,14,23H,1-4,7-8,10H2. The molecule has 1 saturated carbocycles. The van der Waals surface area contributed by atoms with Crippen molar-refractivity contribution in [3.8, 4) is 0 Å². The van der Waals surface area contributed by atoms with E-state index in [2.05, 4.69) is 4.57 Å². The van der Waals surface area contributed by atoms with Crippen molar-refractivity contribution in [1.29, 1.82) is 0 Å². The molecule has 0 atom stereocenters. The molecule has 1 N–H and O–H groups in total. The van der Waals surface area contributed by atoms with Gasteiger partial charge in [0.2, 0.25) is 0 Å². The third-order valence-electron chi connectivity index (χ3n) is 5.06. The monoisotopic (exact) mass is 328 g/mol. The highest BCUT2D eigenvalue weighted by Gasteiger charge is 2.25. The fourth-order valence-corrected chi connectivity index (χ4v) is 3.56. The summed E-state index contributed by atoms with van der Waals surface area (Å²) in [5, 5.41) is 9.46. The van der Waals surface area contributed by atoms with Crippen LogP contribution >= 0.6 is 0 Å². The number of pyridine rings is 1. The quantitative estimate of drug-likeness (QED) is 0.881. The summed E-state index contributed by atoms with van der Waals surface area (Å²) in [5.41, 5.74) is 2.51. The Morgan fingerprint density at radius 3 is 2.67 bits per heavy atom. The first-order valence-corrected chi connectivity index (χ1v) is 8.55. The number of hydrogen-bond donors (Lipinski definition) is 1. The van der Waals surface area contributed by atoms with Crippen LogP contribution in [0.1, 0.15) is 31.7 Å². The van der Waals surface area contributed by atoms with Crippen LogP contribution in [0.15, 0.2) is 40.8 Å². The molecule has 1 saturated heterocycles. The van der Waals surface area contributed by atoms with Crippen LogP contribution in [0.25, 0.3) is 10.9 Å². The molecule has 0 spiro atoms. The van der Waals surface area contributed by atoms with E-state index in [1.165, 1.54) is 17.7 Å². The van der Waals surface area contributed by atoms with Gasteiger partial charge >= 0.3 is 0 Å². The second-order valence-corrected chi connectivity index (χ2v) is 6.67. The molecule has 4 rings (SSSR count). The van der Waals surface area contributed by atoms with E-state index in [0.717, 1.165) is 44.3 Å². The first kappa shape index (κ1) is 15.4. The van der Waals surface area contributed by atoms with Crippen LogP contribution in [0.4, 0.5) is 10.1 Å². The molecule has 1 aliphatic carbocycles. The number of fused-ring (bicyclic) bond motifs is 1. The Balaban J connectivity index is 1.74. The lowest BCUT2D eigenvalue weighted by atomic mass is 10.0. The van der Waals surface area contributed by atoms with E-state index in [4.69, 9.17) is 5.11 Å². The Labute approximate surface area is 139 Å². The van der Waals surface area contributed by atoms with Crippen molar-refractivity contribution in [2.75, 3.05) is 24.6 Å². The van der Waals surface area contributed by atoms with Gasteiger partial charge in [-0.05, 0) is 37.8 Å². The Hall–Kier alpha value is -2.14. The minimum absolute atomic E-state index is 0.0628. The molecule has 2 aromatic rings. The average Bonchev–Trinajstić information content (AvgIpc) is 3.41. The lowest BCUT2D eigenvalue weighted by molar-refractivity contribution is 0.340. The maximum Gasteiger partial charge on any atom is 0.189 e. The smallest absolute Gasteiger partial charge is 0.189 e. The van der Waals surface area contributed by atoms with Crippen molar-refractivity contribution in [3.63, 3.8) is 0 Å². The summed E-state index contributed by atoms with van der Waals surface area (Å²) in [7, 11) is 0. The molecule has 0 unspecified atom stereocenters. The van der Waals surface area contributed by atoms with Gasteiger partial charge in [0.1, 0.15) is 5.82 Å². The maximum absolute atomic E-state index is 14.6. The normalized spacial score (nSPS) is 18.2. The number of anilines is 1. The van der Waals surface area contributed by atoms with Gasteiger partial charge in [-0.25, -0.2) is 4.39 Å². The third-order valence-corrected chi connectivity index (χ3v) is 5.06. The second kappa shape index (κ2) is 6.06. The first-order chi connectivity index (χ1) is 11.7. The van der Waals surface area contributed by atoms with Crippen molar-refractivity contribution in [1.82, 2.24) is 4.57 Å². The van der Waals surface area contributed by atoms with E-state index in [1.54, 1.807) is 0 Å². The molecular formula is C19H21FN2O2. The summed E-state index contributed by atoms with van der Waals surface area (Å²) < 4.78 is 16.7. The van der Waals surface area contributed by atoms with Crippen LogP contribution < -0.4 is 10.3 Å². The van der Waals surface area contributed by atoms with E-state index < -0.39 is 0 Å². The number of nitrogens with zero attached hydrogens (tertiary/aromatic N) is 2. The number of halogens is 1. The molecule has 5 heteroatoms. The van der Waals surface area contributed by atoms with Gasteiger partial charge < -0.3 is 14.6 Å². The van der Waals surface area contributed by atoms with E-state index >= 15 is 0 Å². The summed E-state index contributed by atoms with van der Waals surface area (Å²) in [5.74, 6) is -0.331. The Morgan fingerprint density at radius 1 is 1.25 bits per heavy atom. The highest BCUT2D eigenvalue weighted by molar-refractivity contribution is 5.83. The van der Waals surface area contributed by atoms with Crippen LogP contribution in [0, 0.1) is 5.82 Å². The second-order valence-electron chi connectivity index (χ2n) is 6.67. The van der Waals surface area contributed by atoms with Crippen molar-refractivity contribution in [2.24, 2.45) is 0 Å². The number of benzene rings is 1. The van der Waals surface area contributed by atoms with Crippen LogP contribution in [-0.2, 0) is 0 Å². The number of piperidine rings is 1. The highest BCUT2D eigenvalue weighted by atomic mass is 19.1. The van der Waals surface area contributed by atoms with Gasteiger partial charge in [-0.3, -0.25) is 4.79 Å². The largest absolute Gasteiger partial charge is 0.392 e. The number of rotatable bonds is 3. The van der Waals surface area contributed by atoms with E-state index in [0.29, 0.717) is 17.1 Å². The van der Waals surface area contributed by atoms with Gasteiger partial charge in [0.25, 0.3) is 0 Å². The van der Waals surface area contributed by atoms with Crippen molar-refractivity contribution >= 4 is 16.6 Å². The number of aromatic nitrogens is 1. The summed E-state index contributed by atoms with van der Waals surface area (Å²) in [6, 6.07) is 5.20. The van der Waals surface area contributed by atoms with Gasteiger partial charge in [-0.2, -0.15) is 0 Å². The molecule has 2 heterocycles. The molecule has 1 aromatic heterocycles. The van der Waals surface area contributed by atoms with Gasteiger partial charge in [0, 0.05) is 36.8 Å². The fourth-order valence-electron chi connectivity index (χ4n) is 3.56. The lowest BCUT2D eigenvalue weighted by Gasteiger charge is -2.31. The zero-order chi connectivity index (χ0) is 16.7. The molecule has 2 fully saturated rings. The van der Waals surface area contributed by atoms with Crippen LogP contribution in [0.3, 0.4) is 0 Å². The minimum Gasteiger partial charge on any atom is -0.392 e. The van der Waals surface area contributed by atoms with Gasteiger partial charge in [0.05, 0.1) is 17.8 Å². The van der Waals surface area contributed by atoms with Crippen LogP contribution in [0.5, 0.6) is 0 Å². The summed E-state index contributed by atoms with van der Waals surface area (Å²) in [6.45, 7) is 1.52. The molecule has 24 heavy (non-hydrogen) atoms. The predicted octanol–water partition coefficient (Wildman–Crippen LogP) is 2.99. The van der Waals surface area contributed by atoms with E-state index in [1.807, 2.05) is 23.2 Å². The van der Waals surface area contributed by atoms with Crippen molar-refractivity contribution < 1.29 is 9.50 Å². The molecule has 1 aliphatic heterocycles. The summed E-state index contributed by atoms with van der Waals surface area (Å²) in [6.07, 6.45) is 7.58. The number of aliphatic hydroxyl groups is 1. The predicted molar refractivity (Wildman–Crippen MR) is 93.1 cm³/mol. The van der Waals surface area contributed by atoms with E-state index in [9.17, 15) is 9.18 Å². The third kappa shape index (κ3) is 2.73. The van der Waals surface area contributed by atoms with Crippen LogP contribution in [0.2, 0.25) is 0 Å². The first-order valence-electron chi connectivity index (χ1n) is 8.55. The molecule has 1 aromatic carbocycles. The molecule has 0 amide bonds. The van der Waals surface area contributed by atoms with Crippen LogP contribution in [-0.4, -0.2) is 29.4 Å². The Kier molecular flexibility index (Phi) is 3.88. The van der Waals surface area contributed by atoms with Crippen molar-refractivity contribution in [2.45, 2.75) is 31.7 Å². The lowest BCUT2D eigenvalue weighted by Crippen LogP contribution is -2.31. The summed E-state index contributed by atoms with van der Waals surface area (Å²) >= 11 is 0. The molecular weight excluding hydrogens is 307 g/mol. The SMILES string of the molecule is O=c1ccn(C2CC2)c2cc(N3CCC(=CCO)CC3)c(F)cc12.